The lowest BCUT2D eigenvalue weighted by Gasteiger charge is -2.23. The average Bonchev–Trinajstić information content (AvgIpc) is 3.36. The molecule has 2 aromatic heterocycles. The summed E-state index contributed by atoms with van der Waals surface area (Å²) in [6.45, 7) is 2.29. The summed E-state index contributed by atoms with van der Waals surface area (Å²) in [6, 6.07) is 9.62. The minimum Gasteiger partial charge on any atom is -0.331 e. The number of thiophene rings is 1. The lowest BCUT2D eigenvalue weighted by atomic mass is 10.1. The van der Waals surface area contributed by atoms with Crippen molar-refractivity contribution in [2.45, 2.75) is 32.4 Å². The van der Waals surface area contributed by atoms with Crippen molar-refractivity contribution < 1.29 is 9.18 Å². The minimum atomic E-state index is -0.373. The third kappa shape index (κ3) is 3.57. The molecular weight excluding hydrogens is 363 g/mol. The van der Waals surface area contributed by atoms with E-state index in [1.165, 1.54) is 28.8 Å². The highest BCUT2D eigenvalue weighted by Crippen LogP contribution is 2.30. The number of rotatable bonds is 5. The zero-order valence-electron chi connectivity index (χ0n) is 14.9. The molecule has 138 valence electrons. The molecule has 1 saturated carbocycles. The monoisotopic (exact) mass is 382 g/mol. The molecule has 0 N–H and O–H groups in total. The molecule has 1 amide bonds. The summed E-state index contributed by atoms with van der Waals surface area (Å²) < 4.78 is 14.6. The largest absolute Gasteiger partial charge is 0.331 e. The van der Waals surface area contributed by atoms with E-state index in [0.717, 1.165) is 18.4 Å². The van der Waals surface area contributed by atoms with Gasteiger partial charge in [0, 0.05) is 24.5 Å². The smallest absolute Gasteiger partial charge is 0.268 e. The molecule has 0 saturated heterocycles. The fourth-order valence-electron chi connectivity index (χ4n) is 3.17. The number of carbonyl (C=O) groups excluding carboxylic acids is 1. The van der Waals surface area contributed by atoms with E-state index in [1.54, 1.807) is 35.4 Å². The number of pyridine rings is 1. The maximum atomic E-state index is 13.3. The molecule has 0 aliphatic heterocycles. The van der Waals surface area contributed by atoms with E-state index in [1.807, 2.05) is 16.8 Å². The van der Waals surface area contributed by atoms with Gasteiger partial charge in [-0.3, -0.25) is 14.2 Å². The summed E-state index contributed by atoms with van der Waals surface area (Å²) in [5, 5.41) is 4.01. The number of benzene rings is 1. The fourth-order valence-corrected chi connectivity index (χ4v) is 3.83. The van der Waals surface area contributed by atoms with Crippen molar-refractivity contribution >= 4 is 17.2 Å². The molecule has 4 nitrogen and oxygen atoms in total. The number of hydrogen-bond donors (Lipinski definition) is 0. The van der Waals surface area contributed by atoms with Crippen LogP contribution < -0.4 is 5.56 Å². The topological polar surface area (TPSA) is 42.3 Å². The number of carbonyl (C=O) groups is 1. The molecule has 0 radical (unpaired) electrons. The summed E-state index contributed by atoms with van der Waals surface area (Å²) in [4.78, 5) is 28.2. The van der Waals surface area contributed by atoms with Gasteiger partial charge < -0.3 is 4.90 Å². The Kier molecular flexibility index (Phi) is 4.66. The highest BCUT2D eigenvalue weighted by Gasteiger charge is 2.35. The predicted molar refractivity (Wildman–Crippen MR) is 104 cm³/mol. The molecule has 6 heteroatoms. The maximum Gasteiger partial charge on any atom is 0.268 e. The van der Waals surface area contributed by atoms with Gasteiger partial charge in [-0.05, 0) is 78.1 Å². The number of aryl methyl sites for hydroxylation is 1. The van der Waals surface area contributed by atoms with Gasteiger partial charge in [-0.15, -0.1) is 0 Å². The summed E-state index contributed by atoms with van der Waals surface area (Å²) in [7, 11) is 0. The van der Waals surface area contributed by atoms with Crippen LogP contribution in [0.2, 0.25) is 0 Å². The lowest BCUT2D eigenvalue weighted by molar-refractivity contribution is 0.0727. The first-order chi connectivity index (χ1) is 13.0. The van der Waals surface area contributed by atoms with Crippen LogP contribution in [0, 0.1) is 12.7 Å². The van der Waals surface area contributed by atoms with Gasteiger partial charge in [0.1, 0.15) is 11.4 Å². The first kappa shape index (κ1) is 17.7. The lowest BCUT2D eigenvalue weighted by Crippen LogP contribution is -2.38. The average molecular weight is 382 g/mol. The fraction of sp³-hybridized carbons (Fsp3) is 0.238. The van der Waals surface area contributed by atoms with Gasteiger partial charge in [-0.2, -0.15) is 11.3 Å². The number of amides is 1. The van der Waals surface area contributed by atoms with E-state index in [2.05, 4.69) is 0 Å². The zero-order chi connectivity index (χ0) is 19.0. The van der Waals surface area contributed by atoms with Crippen LogP contribution in [0.3, 0.4) is 0 Å². The van der Waals surface area contributed by atoms with E-state index in [-0.39, 0.29) is 28.9 Å². The Balaban J connectivity index is 1.73. The number of halogens is 1. The summed E-state index contributed by atoms with van der Waals surface area (Å²) in [6.07, 6.45) is 3.56. The summed E-state index contributed by atoms with van der Waals surface area (Å²) in [5.41, 5.74) is 2.07. The molecule has 27 heavy (non-hydrogen) atoms. The molecule has 2 heterocycles. The Hall–Kier alpha value is -2.73. The molecule has 1 aliphatic rings. The van der Waals surface area contributed by atoms with Crippen LogP contribution >= 0.6 is 11.3 Å². The van der Waals surface area contributed by atoms with Crippen molar-refractivity contribution in [3.05, 3.63) is 86.2 Å². The Morgan fingerprint density at radius 1 is 1.22 bits per heavy atom. The molecule has 1 fully saturated rings. The highest BCUT2D eigenvalue weighted by molar-refractivity contribution is 7.07. The normalized spacial score (nSPS) is 13.6. The Bertz CT molecular complexity index is 1020. The van der Waals surface area contributed by atoms with Crippen molar-refractivity contribution in [1.29, 1.82) is 0 Å². The van der Waals surface area contributed by atoms with E-state index in [0.29, 0.717) is 17.8 Å². The maximum absolute atomic E-state index is 13.3. The highest BCUT2D eigenvalue weighted by atomic mass is 32.1. The second-order valence-corrected chi connectivity index (χ2v) is 7.60. The van der Waals surface area contributed by atoms with Gasteiger partial charge in [-0.1, -0.05) is 0 Å². The Morgan fingerprint density at radius 3 is 2.59 bits per heavy atom. The summed E-state index contributed by atoms with van der Waals surface area (Å²) in [5.74, 6) is -0.603. The van der Waals surface area contributed by atoms with E-state index in [4.69, 9.17) is 0 Å². The van der Waals surface area contributed by atoms with Gasteiger partial charge in [0.25, 0.3) is 11.5 Å². The van der Waals surface area contributed by atoms with Gasteiger partial charge in [-0.25, -0.2) is 4.39 Å². The first-order valence-corrected chi connectivity index (χ1v) is 9.79. The van der Waals surface area contributed by atoms with Crippen LogP contribution in [0.1, 0.15) is 34.3 Å². The quantitative estimate of drug-likeness (QED) is 0.665. The van der Waals surface area contributed by atoms with E-state index < -0.39 is 0 Å². The van der Waals surface area contributed by atoms with Crippen LogP contribution in [0.25, 0.3) is 5.69 Å². The van der Waals surface area contributed by atoms with Crippen LogP contribution in [0.5, 0.6) is 0 Å². The van der Waals surface area contributed by atoms with Gasteiger partial charge in [0.2, 0.25) is 0 Å². The molecule has 0 spiro atoms. The van der Waals surface area contributed by atoms with Gasteiger partial charge in [0.05, 0.1) is 0 Å². The van der Waals surface area contributed by atoms with E-state index >= 15 is 0 Å². The number of nitrogens with zero attached hydrogens (tertiary/aromatic N) is 2. The zero-order valence-corrected chi connectivity index (χ0v) is 15.7. The third-order valence-corrected chi connectivity index (χ3v) is 5.53. The van der Waals surface area contributed by atoms with Crippen LogP contribution in [-0.4, -0.2) is 21.4 Å². The second kappa shape index (κ2) is 7.12. The van der Waals surface area contributed by atoms with Crippen molar-refractivity contribution in [3.63, 3.8) is 0 Å². The van der Waals surface area contributed by atoms with Gasteiger partial charge in [0.15, 0.2) is 0 Å². The number of hydrogen-bond acceptors (Lipinski definition) is 3. The minimum absolute atomic E-state index is 0.184. The standard InChI is InChI=1S/C21H19FN2O2S/c1-14-8-10-23(17-4-2-16(22)3-5-17)20(25)19(14)21(26)24(18-6-7-18)12-15-9-11-27-13-15/h2-5,8-11,13,18H,6-7,12H2,1H3. The molecular formula is C21H19FN2O2S. The van der Waals surface area contributed by atoms with E-state index in [9.17, 15) is 14.0 Å². The SMILES string of the molecule is Cc1ccn(-c2ccc(F)cc2)c(=O)c1C(=O)N(Cc1ccsc1)C1CC1. The predicted octanol–water partition coefficient (Wildman–Crippen LogP) is 4.15. The first-order valence-electron chi connectivity index (χ1n) is 8.85. The molecule has 4 rings (SSSR count). The molecule has 0 unspecified atom stereocenters. The van der Waals surface area contributed by atoms with Crippen LogP contribution in [-0.2, 0) is 6.54 Å². The van der Waals surface area contributed by atoms with Gasteiger partial charge >= 0.3 is 0 Å². The Labute approximate surface area is 160 Å². The van der Waals surface area contributed by atoms with Crippen molar-refractivity contribution in [2.75, 3.05) is 0 Å². The molecule has 0 bridgehead atoms. The third-order valence-electron chi connectivity index (χ3n) is 4.80. The summed E-state index contributed by atoms with van der Waals surface area (Å²) >= 11 is 1.59. The molecule has 1 aliphatic carbocycles. The van der Waals surface area contributed by atoms with Crippen molar-refractivity contribution in [2.24, 2.45) is 0 Å². The van der Waals surface area contributed by atoms with Crippen LogP contribution in [0.15, 0.2) is 58.1 Å². The number of aromatic nitrogens is 1. The second-order valence-electron chi connectivity index (χ2n) is 6.82. The van der Waals surface area contributed by atoms with Crippen LogP contribution in [0.4, 0.5) is 4.39 Å². The molecule has 3 aromatic rings. The van der Waals surface area contributed by atoms with Crippen molar-refractivity contribution in [1.82, 2.24) is 9.47 Å². The Morgan fingerprint density at radius 2 is 1.96 bits per heavy atom. The molecule has 1 aromatic carbocycles. The van der Waals surface area contributed by atoms with Crippen molar-refractivity contribution in [3.8, 4) is 5.69 Å². The molecule has 0 atom stereocenters.